The average Bonchev–Trinajstić information content (AvgIpc) is 3.22. The van der Waals surface area contributed by atoms with Gasteiger partial charge in [-0.3, -0.25) is 4.79 Å². The zero-order valence-corrected chi connectivity index (χ0v) is 16.5. The first-order valence-corrected chi connectivity index (χ1v) is 10.3. The van der Waals surface area contributed by atoms with E-state index in [9.17, 15) is 13.2 Å². The normalized spacial score (nSPS) is 12.4. The Kier molecular flexibility index (Phi) is 6.06. The Morgan fingerprint density at radius 3 is 2.36 bits per heavy atom. The van der Waals surface area contributed by atoms with Crippen molar-refractivity contribution in [2.24, 2.45) is 0 Å². The number of hydrogen-bond donors (Lipinski definition) is 1. The van der Waals surface area contributed by atoms with Crippen molar-refractivity contribution < 1.29 is 22.4 Å². The number of halogens is 1. The summed E-state index contributed by atoms with van der Waals surface area (Å²) >= 11 is 5.85. The maximum absolute atomic E-state index is 13.1. The zero-order chi connectivity index (χ0) is 20.1. The first-order chi connectivity index (χ1) is 13.4. The molecule has 0 fully saturated rings. The van der Waals surface area contributed by atoms with Crippen LogP contribution in [0.4, 0.5) is 0 Å². The third-order valence-electron chi connectivity index (χ3n) is 4.18. The molecular formula is C20H18ClNO5S. The Morgan fingerprint density at radius 1 is 1.11 bits per heavy atom. The highest BCUT2D eigenvalue weighted by molar-refractivity contribution is 7.91. The number of carbonyl (C=O) groups excluding carboxylic acids is 1. The molecule has 3 aromatic rings. The molecule has 3 rings (SSSR count). The van der Waals surface area contributed by atoms with Gasteiger partial charge in [-0.05, 0) is 60.7 Å². The molecule has 1 N–H and O–H groups in total. The van der Waals surface area contributed by atoms with E-state index >= 15 is 0 Å². The van der Waals surface area contributed by atoms with Crippen molar-refractivity contribution in [3.8, 4) is 5.75 Å². The number of furan rings is 1. The van der Waals surface area contributed by atoms with E-state index in [1.54, 1.807) is 36.4 Å². The van der Waals surface area contributed by atoms with Crippen LogP contribution in [-0.4, -0.2) is 28.0 Å². The van der Waals surface area contributed by atoms with Crippen LogP contribution in [0, 0.1) is 0 Å². The molecule has 0 aliphatic rings. The lowest BCUT2D eigenvalue weighted by molar-refractivity contribution is 0.0953. The van der Waals surface area contributed by atoms with E-state index < -0.39 is 21.0 Å². The molecule has 0 aliphatic heterocycles. The number of ether oxygens (including phenoxy) is 1. The molecule has 28 heavy (non-hydrogen) atoms. The van der Waals surface area contributed by atoms with Crippen LogP contribution >= 0.6 is 11.6 Å². The highest BCUT2D eigenvalue weighted by Gasteiger charge is 2.32. The smallest absolute Gasteiger partial charge is 0.251 e. The van der Waals surface area contributed by atoms with Gasteiger partial charge in [-0.25, -0.2) is 8.42 Å². The second kappa shape index (κ2) is 8.50. The highest BCUT2D eigenvalue weighted by atomic mass is 35.5. The van der Waals surface area contributed by atoms with Crippen LogP contribution in [0.25, 0.3) is 0 Å². The first-order valence-electron chi connectivity index (χ1n) is 8.37. The van der Waals surface area contributed by atoms with Gasteiger partial charge in [0.15, 0.2) is 9.84 Å². The second-order valence-corrected chi connectivity index (χ2v) is 8.51. The number of methoxy groups -OCH3 is 1. The fourth-order valence-corrected chi connectivity index (χ4v) is 4.37. The minimum Gasteiger partial charge on any atom is -0.497 e. The number of nitrogens with one attached hydrogen (secondary N) is 1. The Hall–Kier alpha value is -2.77. The van der Waals surface area contributed by atoms with E-state index in [4.69, 9.17) is 20.8 Å². The summed E-state index contributed by atoms with van der Waals surface area (Å²) in [5, 5.41) is 2.02. The van der Waals surface area contributed by atoms with Crippen LogP contribution < -0.4 is 10.1 Å². The van der Waals surface area contributed by atoms with Crippen molar-refractivity contribution in [2.45, 2.75) is 10.1 Å². The lowest BCUT2D eigenvalue weighted by Crippen LogP contribution is -2.31. The van der Waals surface area contributed by atoms with Gasteiger partial charge < -0.3 is 14.5 Å². The van der Waals surface area contributed by atoms with Crippen molar-refractivity contribution in [2.75, 3.05) is 13.7 Å². The second-order valence-electron chi connectivity index (χ2n) is 5.94. The molecule has 0 unspecified atom stereocenters. The molecule has 0 saturated heterocycles. The van der Waals surface area contributed by atoms with Gasteiger partial charge in [0.25, 0.3) is 5.91 Å². The van der Waals surface area contributed by atoms with Gasteiger partial charge in [-0.1, -0.05) is 11.6 Å². The van der Waals surface area contributed by atoms with Gasteiger partial charge in [-0.15, -0.1) is 0 Å². The molecule has 1 atom stereocenters. The molecule has 0 bridgehead atoms. The molecule has 6 nitrogen and oxygen atoms in total. The van der Waals surface area contributed by atoms with E-state index in [2.05, 4.69) is 5.32 Å². The van der Waals surface area contributed by atoms with Gasteiger partial charge in [-0.2, -0.15) is 0 Å². The van der Waals surface area contributed by atoms with Crippen LogP contribution in [0.5, 0.6) is 5.75 Å². The molecule has 8 heteroatoms. The molecule has 0 spiro atoms. The van der Waals surface area contributed by atoms with Crippen molar-refractivity contribution in [1.29, 1.82) is 0 Å². The predicted molar refractivity (Wildman–Crippen MR) is 105 cm³/mol. The third-order valence-corrected chi connectivity index (χ3v) is 6.51. The Balaban J connectivity index is 1.83. The fraction of sp³-hybridized carbons (Fsp3) is 0.150. The van der Waals surface area contributed by atoms with Gasteiger partial charge in [0, 0.05) is 17.1 Å². The van der Waals surface area contributed by atoms with E-state index in [1.807, 2.05) is 0 Å². The third kappa shape index (κ3) is 4.37. The van der Waals surface area contributed by atoms with Gasteiger partial charge in [0.2, 0.25) is 0 Å². The van der Waals surface area contributed by atoms with Gasteiger partial charge in [0.1, 0.15) is 16.8 Å². The van der Waals surface area contributed by atoms with Crippen LogP contribution in [0.3, 0.4) is 0 Å². The number of carbonyl (C=O) groups is 1. The standard InChI is InChI=1S/C20H18ClNO5S/c1-26-16-8-4-14(5-9-16)20(23)22-13-19(18-3-2-12-27-18)28(24,25)17-10-6-15(21)7-11-17/h2-12,19H,13H2,1H3,(H,22,23)/t19-/m0/s1. The lowest BCUT2D eigenvalue weighted by atomic mass is 10.2. The SMILES string of the molecule is COc1ccc(C(=O)NC[C@@H](c2ccco2)S(=O)(=O)c2ccc(Cl)cc2)cc1. The number of benzene rings is 2. The summed E-state index contributed by atoms with van der Waals surface area (Å²) in [5.74, 6) is 0.464. The molecule has 2 aromatic carbocycles. The molecule has 0 radical (unpaired) electrons. The minimum absolute atomic E-state index is 0.0944. The molecule has 146 valence electrons. The van der Waals surface area contributed by atoms with E-state index in [1.165, 1.54) is 37.6 Å². The molecule has 0 saturated carbocycles. The minimum atomic E-state index is -3.82. The maximum Gasteiger partial charge on any atom is 0.251 e. The van der Waals surface area contributed by atoms with Crippen molar-refractivity contribution >= 4 is 27.3 Å². The molecule has 1 heterocycles. The van der Waals surface area contributed by atoms with Crippen LogP contribution in [-0.2, 0) is 9.84 Å². The fourth-order valence-electron chi connectivity index (χ4n) is 2.66. The van der Waals surface area contributed by atoms with Gasteiger partial charge >= 0.3 is 0 Å². The Bertz CT molecular complexity index is 1030. The summed E-state index contributed by atoms with van der Waals surface area (Å²) < 4.78 is 36.6. The summed E-state index contributed by atoms with van der Waals surface area (Å²) in [7, 11) is -2.28. The first kappa shape index (κ1) is 20.0. The Morgan fingerprint density at radius 2 is 1.79 bits per heavy atom. The summed E-state index contributed by atoms with van der Waals surface area (Å²) in [6.07, 6.45) is 1.39. The quantitative estimate of drug-likeness (QED) is 0.628. The Labute approximate surface area is 168 Å². The molecule has 1 amide bonds. The molecule has 1 aromatic heterocycles. The van der Waals surface area contributed by atoms with Crippen LogP contribution in [0.15, 0.2) is 76.2 Å². The van der Waals surface area contributed by atoms with E-state index in [0.717, 1.165) is 0 Å². The monoisotopic (exact) mass is 419 g/mol. The summed E-state index contributed by atoms with van der Waals surface area (Å²) in [4.78, 5) is 12.5. The van der Waals surface area contributed by atoms with Crippen molar-refractivity contribution in [1.82, 2.24) is 5.32 Å². The zero-order valence-electron chi connectivity index (χ0n) is 15.0. The molecular weight excluding hydrogens is 402 g/mol. The van der Waals surface area contributed by atoms with E-state index in [0.29, 0.717) is 16.3 Å². The van der Waals surface area contributed by atoms with Crippen molar-refractivity contribution in [3.63, 3.8) is 0 Å². The summed E-state index contributed by atoms with van der Waals surface area (Å²) in [5.41, 5.74) is 0.392. The van der Waals surface area contributed by atoms with Crippen LogP contribution in [0.2, 0.25) is 5.02 Å². The molecule has 0 aliphatic carbocycles. The number of sulfone groups is 1. The summed E-state index contributed by atoms with van der Waals surface area (Å²) in [6, 6.07) is 15.5. The maximum atomic E-state index is 13.1. The van der Waals surface area contributed by atoms with Gasteiger partial charge in [0.05, 0.1) is 18.3 Å². The average molecular weight is 420 g/mol. The lowest BCUT2D eigenvalue weighted by Gasteiger charge is -2.17. The van der Waals surface area contributed by atoms with E-state index in [-0.39, 0.29) is 17.2 Å². The van der Waals surface area contributed by atoms with Crippen LogP contribution in [0.1, 0.15) is 21.4 Å². The number of hydrogen-bond acceptors (Lipinski definition) is 5. The van der Waals surface area contributed by atoms with Crippen molar-refractivity contribution in [3.05, 3.63) is 83.3 Å². The topological polar surface area (TPSA) is 85.6 Å². The number of amides is 1. The summed E-state index contributed by atoms with van der Waals surface area (Å²) in [6.45, 7) is -0.149. The predicted octanol–water partition coefficient (Wildman–Crippen LogP) is 3.89. The highest BCUT2D eigenvalue weighted by Crippen LogP contribution is 2.29. The number of rotatable bonds is 7. The largest absolute Gasteiger partial charge is 0.497 e.